The Morgan fingerprint density at radius 1 is 1.09 bits per heavy atom. The highest BCUT2D eigenvalue weighted by molar-refractivity contribution is 5.97. The van der Waals surface area contributed by atoms with Gasteiger partial charge in [-0.25, -0.2) is 0 Å². The fourth-order valence-corrected chi connectivity index (χ4v) is 2.89. The SMILES string of the molecule is CCCCOc1ccc(NC(=O)C2(OCCC)CCCC2)cc1. The second-order valence-electron chi connectivity index (χ2n) is 6.23. The molecule has 128 valence electrons. The second kappa shape index (κ2) is 8.92. The number of unbranched alkanes of at least 4 members (excludes halogenated alkanes) is 1. The first kappa shape index (κ1) is 17.8. The Kier molecular flexibility index (Phi) is 6.90. The zero-order chi connectivity index (χ0) is 16.5. The van der Waals surface area contributed by atoms with Crippen LogP contribution in [0.2, 0.25) is 0 Å². The minimum absolute atomic E-state index is 0.0110. The number of amides is 1. The van der Waals surface area contributed by atoms with Crippen LogP contribution in [0, 0.1) is 0 Å². The summed E-state index contributed by atoms with van der Waals surface area (Å²) >= 11 is 0. The van der Waals surface area contributed by atoms with Crippen LogP contribution in [0.1, 0.15) is 58.8 Å². The molecule has 1 saturated carbocycles. The molecule has 23 heavy (non-hydrogen) atoms. The van der Waals surface area contributed by atoms with E-state index in [9.17, 15) is 4.79 Å². The first-order chi connectivity index (χ1) is 11.2. The number of benzene rings is 1. The van der Waals surface area contributed by atoms with Crippen molar-refractivity contribution in [1.82, 2.24) is 0 Å². The maximum atomic E-state index is 12.7. The third-order valence-corrected chi connectivity index (χ3v) is 4.29. The molecular weight excluding hydrogens is 290 g/mol. The number of hydrogen-bond acceptors (Lipinski definition) is 3. The zero-order valence-electron chi connectivity index (χ0n) is 14.4. The summed E-state index contributed by atoms with van der Waals surface area (Å²) in [4.78, 5) is 12.7. The molecule has 0 aromatic heterocycles. The Balaban J connectivity index is 1.93. The van der Waals surface area contributed by atoms with Gasteiger partial charge in [-0.2, -0.15) is 0 Å². The molecule has 1 fully saturated rings. The lowest BCUT2D eigenvalue weighted by Gasteiger charge is -2.28. The van der Waals surface area contributed by atoms with Crippen LogP contribution in [0.3, 0.4) is 0 Å². The summed E-state index contributed by atoms with van der Waals surface area (Å²) in [5, 5.41) is 3.01. The van der Waals surface area contributed by atoms with E-state index in [1.807, 2.05) is 24.3 Å². The number of hydrogen-bond donors (Lipinski definition) is 1. The van der Waals surface area contributed by atoms with Crippen LogP contribution in [0.15, 0.2) is 24.3 Å². The third-order valence-electron chi connectivity index (χ3n) is 4.29. The molecule has 0 heterocycles. The average molecular weight is 319 g/mol. The Bertz CT molecular complexity index is 478. The third kappa shape index (κ3) is 4.96. The van der Waals surface area contributed by atoms with Gasteiger partial charge in [0.2, 0.25) is 0 Å². The highest BCUT2D eigenvalue weighted by Gasteiger charge is 2.42. The first-order valence-electron chi connectivity index (χ1n) is 8.88. The summed E-state index contributed by atoms with van der Waals surface area (Å²) in [5.41, 5.74) is 0.163. The van der Waals surface area contributed by atoms with Crippen LogP contribution in [-0.4, -0.2) is 24.7 Å². The summed E-state index contributed by atoms with van der Waals surface area (Å²) < 4.78 is 11.6. The highest BCUT2D eigenvalue weighted by atomic mass is 16.5. The van der Waals surface area contributed by atoms with E-state index in [2.05, 4.69) is 19.2 Å². The number of rotatable bonds is 9. The molecule has 1 aromatic carbocycles. The fraction of sp³-hybridized carbons (Fsp3) is 0.632. The standard InChI is InChI=1S/C19H29NO3/c1-3-5-15-22-17-10-8-16(9-11-17)20-18(21)19(23-14-4-2)12-6-7-13-19/h8-11H,3-7,12-15H2,1-2H3,(H,20,21). The van der Waals surface area contributed by atoms with E-state index in [0.717, 1.165) is 63.0 Å². The second-order valence-corrected chi connectivity index (χ2v) is 6.23. The number of anilines is 1. The quantitative estimate of drug-likeness (QED) is 0.680. The van der Waals surface area contributed by atoms with Crippen molar-refractivity contribution in [3.8, 4) is 5.75 Å². The van der Waals surface area contributed by atoms with Crippen LogP contribution in [0.5, 0.6) is 5.75 Å². The van der Waals surface area contributed by atoms with Crippen LogP contribution < -0.4 is 10.1 Å². The van der Waals surface area contributed by atoms with Crippen molar-refractivity contribution in [2.75, 3.05) is 18.5 Å². The molecule has 0 aliphatic heterocycles. The van der Waals surface area contributed by atoms with E-state index < -0.39 is 5.60 Å². The molecule has 1 aromatic rings. The monoisotopic (exact) mass is 319 g/mol. The van der Waals surface area contributed by atoms with Gasteiger partial charge in [0.05, 0.1) is 6.61 Å². The Morgan fingerprint density at radius 2 is 1.78 bits per heavy atom. The summed E-state index contributed by atoms with van der Waals surface area (Å²) in [5.74, 6) is 0.831. The molecule has 4 nitrogen and oxygen atoms in total. The van der Waals surface area contributed by atoms with Crippen LogP contribution in [0.25, 0.3) is 0 Å². The molecule has 1 aliphatic rings. The number of carbonyl (C=O) groups is 1. The van der Waals surface area contributed by atoms with Gasteiger partial charge < -0.3 is 14.8 Å². The topological polar surface area (TPSA) is 47.6 Å². The molecule has 0 unspecified atom stereocenters. The lowest BCUT2D eigenvalue weighted by atomic mass is 10.0. The van der Waals surface area contributed by atoms with E-state index in [4.69, 9.17) is 9.47 Å². The van der Waals surface area contributed by atoms with Crippen LogP contribution >= 0.6 is 0 Å². The summed E-state index contributed by atoms with van der Waals surface area (Å²) in [6, 6.07) is 7.59. The number of carbonyl (C=O) groups excluding carboxylic acids is 1. The van der Waals surface area contributed by atoms with Crippen molar-refractivity contribution in [2.45, 2.75) is 64.4 Å². The molecule has 1 amide bonds. The van der Waals surface area contributed by atoms with E-state index in [-0.39, 0.29) is 5.91 Å². The van der Waals surface area contributed by atoms with Crippen molar-refractivity contribution in [3.63, 3.8) is 0 Å². The molecule has 0 bridgehead atoms. The highest BCUT2D eigenvalue weighted by Crippen LogP contribution is 2.34. The normalized spacial score (nSPS) is 16.3. The van der Waals surface area contributed by atoms with Gasteiger partial charge in [-0.15, -0.1) is 0 Å². The maximum absolute atomic E-state index is 12.7. The summed E-state index contributed by atoms with van der Waals surface area (Å²) in [7, 11) is 0. The molecule has 4 heteroatoms. The Labute approximate surface area is 139 Å². The van der Waals surface area contributed by atoms with E-state index in [1.54, 1.807) is 0 Å². The van der Waals surface area contributed by atoms with Gasteiger partial charge in [0, 0.05) is 12.3 Å². The van der Waals surface area contributed by atoms with Crippen molar-refractivity contribution < 1.29 is 14.3 Å². The zero-order valence-corrected chi connectivity index (χ0v) is 14.4. The van der Waals surface area contributed by atoms with Gasteiger partial charge in [0.1, 0.15) is 11.4 Å². The first-order valence-corrected chi connectivity index (χ1v) is 8.88. The van der Waals surface area contributed by atoms with Crippen molar-refractivity contribution in [2.24, 2.45) is 0 Å². The molecule has 1 N–H and O–H groups in total. The average Bonchev–Trinajstić information content (AvgIpc) is 3.05. The van der Waals surface area contributed by atoms with Gasteiger partial charge in [0.25, 0.3) is 5.91 Å². The Morgan fingerprint density at radius 3 is 2.39 bits per heavy atom. The Hall–Kier alpha value is -1.55. The van der Waals surface area contributed by atoms with Crippen LogP contribution in [0.4, 0.5) is 5.69 Å². The lowest BCUT2D eigenvalue weighted by molar-refractivity contribution is -0.140. The largest absolute Gasteiger partial charge is 0.494 e. The van der Waals surface area contributed by atoms with E-state index in [1.165, 1.54) is 0 Å². The minimum atomic E-state index is -0.633. The molecule has 0 spiro atoms. The lowest BCUT2D eigenvalue weighted by Crippen LogP contribution is -2.43. The smallest absolute Gasteiger partial charge is 0.256 e. The minimum Gasteiger partial charge on any atom is -0.494 e. The molecule has 0 radical (unpaired) electrons. The van der Waals surface area contributed by atoms with Crippen LogP contribution in [-0.2, 0) is 9.53 Å². The van der Waals surface area contributed by atoms with E-state index in [0.29, 0.717) is 6.61 Å². The molecule has 0 saturated heterocycles. The van der Waals surface area contributed by atoms with Crippen molar-refractivity contribution in [1.29, 1.82) is 0 Å². The maximum Gasteiger partial charge on any atom is 0.256 e. The molecule has 0 atom stereocenters. The summed E-state index contributed by atoms with van der Waals surface area (Å²) in [6.07, 6.45) is 6.85. The number of nitrogens with one attached hydrogen (secondary N) is 1. The van der Waals surface area contributed by atoms with Gasteiger partial charge in [0.15, 0.2) is 0 Å². The van der Waals surface area contributed by atoms with Crippen molar-refractivity contribution >= 4 is 11.6 Å². The van der Waals surface area contributed by atoms with Gasteiger partial charge in [-0.1, -0.05) is 20.3 Å². The summed E-state index contributed by atoms with van der Waals surface area (Å²) in [6.45, 7) is 5.58. The predicted molar refractivity (Wildman–Crippen MR) is 92.9 cm³/mol. The van der Waals surface area contributed by atoms with E-state index >= 15 is 0 Å². The van der Waals surface area contributed by atoms with Gasteiger partial charge in [-0.3, -0.25) is 4.79 Å². The van der Waals surface area contributed by atoms with Gasteiger partial charge >= 0.3 is 0 Å². The predicted octanol–water partition coefficient (Wildman–Crippen LogP) is 4.54. The molecule has 1 aliphatic carbocycles. The molecular formula is C19H29NO3. The van der Waals surface area contributed by atoms with Gasteiger partial charge in [-0.05, 0) is 62.8 Å². The molecule has 2 rings (SSSR count). The fourth-order valence-electron chi connectivity index (χ4n) is 2.89. The number of ether oxygens (including phenoxy) is 2. The van der Waals surface area contributed by atoms with Crippen molar-refractivity contribution in [3.05, 3.63) is 24.3 Å².